The Balaban J connectivity index is 1.57. The number of para-hydroxylation sites is 1. The number of carbonyl (C=O) groups excluding carboxylic acids is 2. The molecule has 0 atom stereocenters. The van der Waals surface area contributed by atoms with Gasteiger partial charge in [-0.05, 0) is 47.5 Å². The van der Waals surface area contributed by atoms with Crippen molar-refractivity contribution >= 4 is 18.1 Å². The predicted octanol–water partition coefficient (Wildman–Crippen LogP) is 3.82. The van der Waals surface area contributed by atoms with Crippen LogP contribution in [0.1, 0.15) is 31.8 Å². The van der Waals surface area contributed by atoms with E-state index >= 15 is 0 Å². The van der Waals surface area contributed by atoms with Crippen LogP contribution in [-0.4, -0.2) is 32.3 Å². The van der Waals surface area contributed by atoms with Crippen LogP contribution in [0.3, 0.4) is 0 Å². The van der Waals surface area contributed by atoms with Crippen LogP contribution in [-0.2, 0) is 11.3 Å². The lowest BCUT2D eigenvalue weighted by Crippen LogP contribution is -2.18. The molecule has 0 aromatic heterocycles. The molecule has 3 aromatic carbocycles. The maximum atomic E-state index is 12.3. The first kappa shape index (κ1) is 21.6. The summed E-state index contributed by atoms with van der Waals surface area (Å²) in [6.07, 6.45) is 1.53. The lowest BCUT2D eigenvalue weighted by molar-refractivity contribution is 0.0600. The quantitative estimate of drug-likeness (QED) is 0.341. The summed E-state index contributed by atoms with van der Waals surface area (Å²) in [6.45, 7) is 0.340. The van der Waals surface area contributed by atoms with Gasteiger partial charge in [0, 0.05) is 0 Å². The van der Waals surface area contributed by atoms with Crippen LogP contribution in [0.2, 0.25) is 0 Å². The Labute approximate surface area is 180 Å². The summed E-state index contributed by atoms with van der Waals surface area (Å²) in [4.78, 5) is 23.8. The third kappa shape index (κ3) is 5.93. The molecular weight excluding hydrogens is 396 g/mol. The first-order valence-corrected chi connectivity index (χ1v) is 9.47. The highest BCUT2D eigenvalue weighted by atomic mass is 16.5. The average Bonchev–Trinajstić information content (AvgIpc) is 2.82. The molecule has 3 aromatic rings. The SMILES string of the molecule is COC(=O)c1ccc(COc2cccc(C=NNC(=O)c3ccccc3OC)c2)cc1. The van der Waals surface area contributed by atoms with Crippen LogP contribution >= 0.6 is 0 Å². The molecule has 158 valence electrons. The number of hydrazone groups is 1. The van der Waals surface area contributed by atoms with Crippen LogP contribution < -0.4 is 14.9 Å². The van der Waals surface area contributed by atoms with Gasteiger partial charge in [-0.3, -0.25) is 4.79 Å². The molecule has 1 amide bonds. The van der Waals surface area contributed by atoms with Gasteiger partial charge in [-0.25, -0.2) is 10.2 Å². The Morgan fingerprint density at radius 2 is 1.74 bits per heavy atom. The molecular formula is C24H22N2O5. The number of ether oxygens (including phenoxy) is 3. The van der Waals surface area contributed by atoms with E-state index < -0.39 is 0 Å². The average molecular weight is 418 g/mol. The highest BCUT2D eigenvalue weighted by Crippen LogP contribution is 2.17. The first-order chi connectivity index (χ1) is 15.1. The molecule has 0 saturated carbocycles. The van der Waals surface area contributed by atoms with Gasteiger partial charge < -0.3 is 14.2 Å². The molecule has 0 bridgehead atoms. The zero-order valence-electron chi connectivity index (χ0n) is 17.2. The van der Waals surface area contributed by atoms with E-state index in [0.717, 1.165) is 11.1 Å². The number of benzene rings is 3. The van der Waals surface area contributed by atoms with Crippen molar-refractivity contribution in [2.24, 2.45) is 5.10 Å². The number of esters is 1. The monoisotopic (exact) mass is 418 g/mol. The third-order valence-corrected chi connectivity index (χ3v) is 4.37. The summed E-state index contributed by atoms with van der Waals surface area (Å²) in [5.74, 6) is 0.385. The molecule has 0 radical (unpaired) electrons. The van der Waals surface area contributed by atoms with Gasteiger partial charge in [0.05, 0.1) is 31.6 Å². The molecule has 3 rings (SSSR count). The summed E-state index contributed by atoms with van der Waals surface area (Å²) < 4.78 is 15.7. The molecule has 0 heterocycles. The minimum Gasteiger partial charge on any atom is -0.496 e. The molecule has 0 aliphatic heterocycles. The Hall–Kier alpha value is -4.13. The maximum Gasteiger partial charge on any atom is 0.337 e. The van der Waals surface area contributed by atoms with Crippen LogP contribution in [0, 0.1) is 0 Å². The van der Waals surface area contributed by atoms with E-state index in [2.05, 4.69) is 15.3 Å². The van der Waals surface area contributed by atoms with E-state index in [1.165, 1.54) is 20.4 Å². The number of nitrogens with zero attached hydrogens (tertiary/aromatic N) is 1. The van der Waals surface area contributed by atoms with Crippen molar-refractivity contribution in [2.45, 2.75) is 6.61 Å². The standard InChI is InChI=1S/C24H22N2O5/c1-29-22-9-4-3-8-21(22)23(27)26-25-15-18-6-5-7-20(14-18)31-16-17-10-12-19(13-11-17)24(28)30-2/h3-15H,16H2,1-2H3,(H,26,27). The summed E-state index contributed by atoms with van der Waals surface area (Å²) in [5, 5.41) is 4.01. The van der Waals surface area contributed by atoms with Crippen molar-refractivity contribution in [2.75, 3.05) is 14.2 Å². The van der Waals surface area contributed by atoms with E-state index in [-0.39, 0.29) is 11.9 Å². The number of carbonyl (C=O) groups is 2. The molecule has 0 fully saturated rings. The molecule has 7 nitrogen and oxygen atoms in total. The van der Waals surface area contributed by atoms with Crippen molar-refractivity contribution in [1.82, 2.24) is 5.43 Å². The van der Waals surface area contributed by atoms with Gasteiger partial charge in [0.25, 0.3) is 5.91 Å². The molecule has 0 spiro atoms. The molecule has 7 heteroatoms. The lowest BCUT2D eigenvalue weighted by atomic mass is 10.1. The molecule has 0 saturated heterocycles. The maximum absolute atomic E-state index is 12.3. The third-order valence-electron chi connectivity index (χ3n) is 4.37. The van der Waals surface area contributed by atoms with Gasteiger partial charge in [0.15, 0.2) is 0 Å². The van der Waals surface area contributed by atoms with Crippen LogP contribution in [0.4, 0.5) is 0 Å². The van der Waals surface area contributed by atoms with Crippen molar-refractivity contribution in [3.05, 3.63) is 95.1 Å². The van der Waals surface area contributed by atoms with Gasteiger partial charge in [0.2, 0.25) is 0 Å². The topological polar surface area (TPSA) is 86.2 Å². The summed E-state index contributed by atoms with van der Waals surface area (Å²) in [5.41, 5.74) is 5.05. The second-order valence-electron chi connectivity index (χ2n) is 6.45. The van der Waals surface area contributed by atoms with E-state index in [1.54, 1.807) is 36.4 Å². The number of rotatable bonds is 8. The number of hydrogen-bond donors (Lipinski definition) is 1. The van der Waals surface area contributed by atoms with E-state index in [0.29, 0.717) is 29.2 Å². The molecule has 31 heavy (non-hydrogen) atoms. The normalized spacial score (nSPS) is 10.5. The summed E-state index contributed by atoms with van der Waals surface area (Å²) in [6, 6.07) is 21.2. The largest absolute Gasteiger partial charge is 0.496 e. The van der Waals surface area contributed by atoms with E-state index in [4.69, 9.17) is 9.47 Å². The van der Waals surface area contributed by atoms with Gasteiger partial charge >= 0.3 is 5.97 Å². The highest BCUT2D eigenvalue weighted by Gasteiger charge is 2.10. The summed E-state index contributed by atoms with van der Waals surface area (Å²) in [7, 11) is 2.86. The fraction of sp³-hybridized carbons (Fsp3) is 0.125. The Morgan fingerprint density at radius 1 is 0.968 bits per heavy atom. The molecule has 0 aliphatic carbocycles. The second-order valence-corrected chi connectivity index (χ2v) is 6.45. The van der Waals surface area contributed by atoms with Gasteiger partial charge in [-0.2, -0.15) is 5.10 Å². The van der Waals surface area contributed by atoms with Crippen molar-refractivity contribution in [3.63, 3.8) is 0 Å². The number of hydrogen-bond acceptors (Lipinski definition) is 6. The zero-order valence-corrected chi connectivity index (χ0v) is 17.2. The van der Waals surface area contributed by atoms with Crippen LogP contribution in [0.5, 0.6) is 11.5 Å². The fourth-order valence-electron chi connectivity index (χ4n) is 2.76. The van der Waals surface area contributed by atoms with E-state index in [9.17, 15) is 9.59 Å². The lowest BCUT2D eigenvalue weighted by Gasteiger charge is -2.08. The van der Waals surface area contributed by atoms with Crippen LogP contribution in [0.15, 0.2) is 77.9 Å². The van der Waals surface area contributed by atoms with Crippen molar-refractivity contribution < 1.29 is 23.8 Å². The van der Waals surface area contributed by atoms with E-state index in [1.807, 2.05) is 36.4 Å². The van der Waals surface area contributed by atoms with Crippen molar-refractivity contribution in [3.8, 4) is 11.5 Å². The Kier molecular flexibility index (Phi) is 7.37. The summed E-state index contributed by atoms with van der Waals surface area (Å²) >= 11 is 0. The van der Waals surface area contributed by atoms with Gasteiger partial charge in [0.1, 0.15) is 18.1 Å². The number of nitrogens with one attached hydrogen (secondary N) is 1. The highest BCUT2D eigenvalue weighted by molar-refractivity contribution is 5.97. The number of amides is 1. The predicted molar refractivity (Wildman–Crippen MR) is 117 cm³/mol. The Morgan fingerprint density at radius 3 is 2.48 bits per heavy atom. The minimum absolute atomic E-state index is 0.340. The van der Waals surface area contributed by atoms with Gasteiger partial charge in [-0.1, -0.05) is 36.4 Å². The molecule has 1 N–H and O–H groups in total. The number of methoxy groups -OCH3 is 2. The van der Waals surface area contributed by atoms with Crippen molar-refractivity contribution in [1.29, 1.82) is 0 Å². The second kappa shape index (κ2) is 10.6. The van der Waals surface area contributed by atoms with Crippen LogP contribution in [0.25, 0.3) is 0 Å². The Bertz CT molecular complexity index is 1080. The molecule has 0 unspecified atom stereocenters. The minimum atomic E-state index is -0.378. The zero-order chi connectivity index (χ0) is 22.1. The fourth-order valence-corrected chi connectivity index (χ4v) is 2.76. The smallest absolute Gasteiger partial charge is 0.337 e. The first-order valence-electron chi connectivity index (χ1n) is 9.47. The van der Waals surface area contributed by atoms with Gasteiger partial charge in [-0.15, -0.1) is 0 Å². The molecule has 0 aliphatic rings.